The molecule has 0 aliphatic rings. The van der Waals surface area contributed by atoms with Gasteiger partial charge in [0.25, 0.3) is 5.69 Å². The van der Waals surface area contributed by atoms with Crippen molar-refractivity contribution in [1.82, 2.24) is 9.97 Å². The van der Waals surface area contributed by atoms with Gasteiger partial charge in [-0.3, -0.25) is 15.1 Å². The van der Waals surface area contributed by atoms with E-state index in [2.05, 4.69) is 40.4 Å². The molecule has 138 valence electrons. The lowest BCUT2D eigenvalue weighted by Gasteiger charge is -2.20. The maximum absolute atomic E-state index is 11.0. The molecule has 0 spiro atoms. The van der Waals surface area contributed by atoms with E-state index in [1.807, 2.05) is 36.4 Å². The fourth-order valence-corrected chi connectivity index (χ4v) is 3.18. The number of fused-ring (bicyclic) bond motifs is 1. The molecule has 1 atom stereocenters. The van der Waals surface area contributed by atoms with Gasteiger partial charge in [-0.25, -0.2) is 4.98 Å². The van der Waals surface area contributed by atoms with Gasteiger partial charge in [-0.1, -0.05) is 35.9 Å². The molecule has 0 aliphatic heterocycles. The Morgan fingerprint density at radius 3 is 2.64 bits per heavy atom. The molecule has 0 amide bonds. The Morgan fingerprint density at radius 1 is 1.00 bits per heavy atom. The van der Waals surface area contributed by atoms with Gasteiger partial charge in [0, 0.05) is 23.7 Å². The summed E-state index contributed by atoms with van der Waals surface area (Å²) in [5.41, 5.74) is 3.89. The van der Waals surface area contributed by atoms with Gasteiger partial charge in [0.05, 0.1) is 22.2 Å². The average Bonchev–Trinajstić information content (AvgIpc) is 2.72. The maximum Gasteiger partial charge on any atom is 0.270 e. The van der Waals surface area contributed by atoms with E-state index in [4.69, 9.17) is 0 Å². The van der Waals surface area contributed by atoms with Gasteiger partial charge >= 0.3 is 0 Å². The molecule has 1 unspecified atom stereocenters. The van der Waals surface area contributed by atoms with Gasteiger partial charge in [-0.05, 0) is 42.8 Å². The number of nitrogens with one attached hydrogen (secondary N) is 1. The van der Waals surface area contributed by atoms with Crippen molar-refractivity contribution in [3.63, 3.8) is 0 Å². The minimum Gasteiger partial charge on any atom is -0.358 e. The number of hydrogen-bond donors (Lipinski definition) is 1. The molecule has 0 aliphatic carbocycles. The first kappa shape index (κ1) is 17.6. The number of hydrogen-bond acceptors (Lipinski definition) is 5. The smallest absolute Gasteiger partial charge is 0.270 e. The molecule has 2 aromatic heterocycles. The summed E-state index contributed by atoms with van der Waals surface area (Å²) in [6.07, 6.45) is 1.77. The van der Waals surface area contributed by atoms with Crippen LogP contribution < -0.4 is 5.32 Å². The van der Waals surface area contributed by atoms with Crippen molar-refractivity contribution in [2.75, 3.05) is 5.32 Å². The Kier molecular flexibility index (Phi) is 4.68. The lowest BCUT2D eigenvalue weighted by Crippen LogP contribution is -2.14. The van der Waals surface area contributed by atoms with Crippen LogP contribution in [0.3, 0.4) is 0 Å². The number of nitro groups is 1. The molecular weight excluding hydrogens is 352 g/mol. The Morgan fingerprint density at radius 2 is 1.89 bits per heavy atom. The highest BCUT2D eigenvalue weighted by Crippen LogP contribution is 2.27. The molecule has 0 saturated heterocycles. The number of nitro benzene ring substituents is 1. The Bertz CT molecular complexity index is 1150. The number of anilines is 1. The van der Waals surface area contributed by atoms with Crippen LogP contribution in [0, 0.1) is 17.0 Å². The third-order valence-electron chi connectivity index (χ3n) is 4.53. The van der Waals surface area contributed by atoms with Crippen molar-refractivity contribution in [2.45, 2.75) is 13.0 Å². The van der Waals surface area contributed by atoms with E-state index in [1.54, 1.807) is 12.3 Å². The molecule has 0 fully saturated rings. The number of nitrogens with zero attached hydrogens (tertiary/aromatic N) is 3. The highest BCUT2D eigenvalue weighted by molar-refractivity contribution is 5.82. The van der Waals surface area contributed by atoms with Crippen molar-refractivity contribution < 1.29 is 4.92 Å². The van der Waals surface area contributed by atoms with Crippen LogP contribution in [0.1, 0.15) is 22.9 Å². The molecule has 2 heterocycles. The minimum atomic E-state index is -0.402. The van der Waals surface area contributed by atoms with Crippen molar-refractivity contribution in [2.24, 2.45) is 0 Å². The van der Waals surface area contributed by atoms with Gasteiger partial charge in [-0.2, -0.15) is 0 Å². The predicted octanol–water partition coefficient (Wildman–Crippen LogP) is 5.05. The van der Waals surface area contributed by atoms with E-state index in [0.29, 0.717) is 11.3 Å². The lowest BCUT2D eigenvalue weighted by atomic mass is 10.0. The summed E-state index contributed by atoms with van der Waals surface area (Å²) in [5.74, 6) is 0.679. The topological polar surface area (TPSA) is 81.0 Å². The van der Waals surface area contributed by atoms with E-state index in [9.17, 15) is 10.1 Å². The normalized spacial score (nSPS) is 11.9. The van der Waals surface area contributed by atoms with E-state index in [0.717, 1.165) is 16.6 Å². The second-order valence-corrected chi connectivity index (χ2v) is 6.58. The SMILES string of the molecule is Cc1cccc(C(Nc2ccc3cc([N+](=O)[O-])ccc3n2)c2ccccn2)c1. The Balaban J connectivity index is 1.72. The predicted molar refractivity (Wildman–Crippen MR) is 109 cm³/mol. The second kappa shape index (κ2) is 7.44. The van der Waals surface area contributed by atoms with Crippen molar-refractivity contribution in [1.29, 1.82) is 0 Å². The molecule has 4 aromatic rings. The zero-order valence-corrected chi connectivity index (χ0v) is 15.2. The van der Waals surface area contributed by atoms with Crippen LogP contribution in [0.5, 0.6) is 0 Å². The first-order chi connectivity index (χ1) is 13.6. The molecular formula is C22H18N4O2. The maximum atomic E-state index is 11.0. The average molecular weight is 370 g/mol. The van der Waals surface area contributed by atoms with Crippen molar-refractivity contribution in [3.8, 4) is 0 Å². The van der Waals surface area contributed by atoms with Crippen LogP contribution in [0.2, 0.25) is 0 Å². The zero-order valence-electron chi connectivity index (χ0n) is 15.2. The standard InChI is InChI=1S/C22H18N4O2/c1-15-5-4-6-17(13-15)22(20-7-2-3-12-23-20)25-21-11-8-16-14-18(26(27)28)9-10-19(16)24-21/h2-14,22H,1H3,(H,24,25). The monoisotopic (exact) mass is 370 g/mol. The Hall–Kier alpha value is -3.80. The number of rotatable bonds is 5. The number of aromatic nitrogens is 2. The molecule has 6 nitrogen and oxygen atoms in total. The highest BCUT2D eigenvalue weighted by Gasteiger charge is 2.16. The fourth-order valence-electron chi connectivity index (χ4n) is 3.18. The summed E-state index contributed by atoms with van der Waals surface area (Å²) in [6.45, 7) is 2.06. The van der Waals surface area contributed by atoms with Gasteiger partial charge in [0.1, 0.15) is 5.82 Å². The van der Waals surface area contributed by atoms with Crippen LogP contribution in [0.15, 0.2) is 79.0 Å². The van der Waals surface area contributed by atoms with Crippen molar-refractivity contribution >= 4 is 22.4 Å². The molecule has 0 radical (unpaired) electrons. The summed E-state index contributed by atoms with van der Waals surface area (Å²) in [7, 11) is 0. The molecule has 0 saturated carbocycles. The van der Waals surface area contributed by atoms with Crippen LogP contribution in [-0.4, -0.2) is 14.9 Å². The van der Waals surface area contributed by atoms with Crippen LogP contribution >= 0.6 is 0 Å². The number of aryl methyl sites for hydroxylation is 1. The van der Waals surface area contributed by atoms with Crippen molar-refractivity contribution in [3.05, 3.63) is 106 Å². The molecule has 2 aromatic carbocycles. The molecule has 0 bridgehead atoms. The highest BCUT2D eigenvalue weighted by atomic mass is 16.6. The summed E-state index contributed by atoms with van der Waals surface area (Å²) >= 11 is 0. The van der Waals surface area contributed by atoms with Crippen LogP contribution in [0.4, 0.5) is 11.5 Å². The Labute approximate surface area is 162 Å². The quantitative estimate of drug-likeness (QED) is 0.393. The van der Waals surface area contributed by atoms with Gasteiger partial charge in [0.15, 0.2) is 0 Å². The van der Waals surface area contributed by atoms with E-state index < -0.39 is 4.92 Å². The van der Waals surface area contributed by atoms with Gasteiger partial charge in [-0.15, -0.1) is 0 Å². The van der Waals surface area contributed by atoms with E-state index in [1.165, 1.54) is 17.7 Å². The molecule has 6 heteroatoms. The summed E-state index contributed by atoms with van der Waals surface area (Å²) in [5, 5.41) is 15.2. The van der Waals surface area contributed by atoms with Crippen LogP contribution in [0.25, 0.3) is 10.9 Å². The third kappa shape index (κ3) is 3.66. The molecule has 4 rings (SSSR count). The molecule has 1 N–H and O–H groups in total. The third-order valence-corrected chi connectivity index (χ3v) is 4.53. The lowest BCUT2D eigenvalue weighted by molar-refractivity contribution is -0.384. The van der Waals surface area contributed by atoms with Gasteiger partial charge in [0.2, 0.25) is 0 Å². The van der Waals surface area contributed by atoms with Crippen LogP contribution in [-0.2, 0) is 0 Å². The van der Waals surface area contributed by atoms with E-state index in [-0.39, 0.29) is 11.7 Å². The second-order valence-electron chi connectivity index (χ2n) is 6.58. The zero-order chi connectivity index (χ0) is 19.5. The number of pyridine rings is 2. The van der Waals surface area contributed by atoms with Gasteiger partial charge < -0.3 is 5.32 Å². The first-order valence-electron chi connectivity index (χ1n) is 8.89. The number of benzene rings is 2. The summed E-state index contributed by atoms with van der Waals surface area (Å²) < 4.78 is 0. The largest absolute Gasteiger partial charge is 0.358 e. The minimum absolute atomic E-state index is 0.0566. The van der Waals surface area contributed by atoms with E-state index >= 15 is 0 Å². The summed E-state index contributed by atoms with van der Waals surface area (Å²) in [6, 6.07) is 22.3. The summed E-state index contributed by atoms with van der Waals surface area (Å²) in [4.78, 5) is 19.7. The molecule has 28 heavy (non-hydrogen) atoms. The first-order valence-corrected chi connectivity index (χ1v) is 8.89. The number of non-ortho nitro benzene ring substituents is 1. The fraction of sp³-hybridized carbons (Fsp3) is 0.0909.